The average molecular weight is 154 g/mol. The Labute approximate surface area is 67.0 Å². The van der Waals surface area contributed by atoms with Gasteiger partial charge in [0.25, 0.3) is 0 Å². The summed E-state index contributed by atoms with van der Waals surface area (Å²) in [5.74, 6) is 0.537. The summed E-state index contributed by atoms with van der Waals surface area (Å²) in [6.07, 6.45) is 1.96. The van der Waals surface area contributed by atoms with E-state index in [2.05, 4.69) is 0 Å². The number of Topliss-reactive ketones (excluding diaryl/α,β-unsaturated/α-hetero) is 2. The summed E-state index contributed by atoms with van der Waals surface area (Å²) in [5.41, 5.74) is 0. The van der Waals surface area contributed by atoms with Crippen LogP contribution >= 0.6 is 0 Å². The molecule has 0 radical (unpaired) electrons. The van der Waals surface area contributed by atoms with Gasteiger partial charge in [0.05, 0.1) is 0 Å². The highest BCUT2D eigenvalue weighted by molar-refractivity contribution is 5.92. The molecule has 0 N–H and O–H groups in total. The minimum Gasteiger partial charge on any atom is -0.299 e. The van der Waals surface area contributed by atoms with Crippen molar-refractivity contribution in [1.82, 2.24) is 0 Å². The topological polar surface area (TPSA) is 34.1 Å². The van der Waals surface area contributed by atoms with Gasteiger partial charge in [0.1, 0.15) is 11.6 Å². The molecule has 0 bridgehead atoms. The molecule has 0 unspecified atom stereocenters. The molecule has 0 aromatic rings. The molecule has 1 saturated carbocycles. The second-order valence-electron chi connectivity index (χ2n) is 3.22. The minimum atomic E-state index is -0.0116. The van der Waals surface area contributed by atoms with Crippen LogP contribution in [0, 0.1) is 11.8 Å². The van der Waals surface area contributed by atoms with Crippen molar-refractivity contribution in [3.05, 3.63) is 0 Å². The third-order valence-corrected chi connectivity index (χ3v) is 2.58. The van der Waals surface area contributed by atoms with Gasteiger partial charge < -0.3 is 0 Å². The zero-order valence-electron chi connectivity index (χ0n) is 7.09. The zero-order valence-corrected chi connectivity index (χ0v) is 7.09. The van der Waals surface area contributed by atoms with Crippen molar-refractivity contribution in [3.63, 3.8) is 0 Å². The standard InChI is InChI=1S/C9H14O2/c1-3-8(10)7-4-5-9(11)6(7)2/h6-7H,3-5H2,1-2H3/t6-,7-/m1/s1. The van der Waals surface area contributed by atoms with Crippen molar-refractivity contribution in [1.29, 1.82) is 0 Å². The lowest BCUT2D eigenvalue weighted by Crippen LogP contribution is -2.18. The maximum absolute atomic E-state index is 11.2. The maximum atomic E-state index is 11.2. The molecule has 2 heteroatoms. The quantitative estimate of drug-likeness (QED) is 0.605. The van der Waals surface area contributed by atoms with Gasteiger partial charge in [0.2, 0.25) is 0 Å². The van der Waals surface area contributed by atoms with Crippen molar-refractivity contribution >= 4 is 11.6 Å². The van der Waals surface area contributed by atoms with E-state index in [1.54, 1.807) is 0 Å². The van der Waals surface area contributed by atoms with Crippen LogP contribution < -0.4 is 0 Å². The van der Waals surface area contributed by atoms with Gasteiger partial charge in [0, 0.05) is 24.7 Å². The van der Waals surface area contributed by atoms with Gasteiger partial charge in [-0.25, -0.2) is 0 Å². The Bertz CT molecular complexity index is 184. The first-order valence-electron chi connectivity index (χ1n) is 4.22. The number of rotatable bonds is 2. The molecule has 1 rings (SSSR count). The van der Waals surface area contributed by atoms with E-state index in [1.807, 2.05) is 13.8 Å². The number of hydrogen-bond acceptors (Lipinski definition) is 2. The van der Waals surface area contributed by atoms with Crippen LogP contribution in [-0.4, -0.2) is 11.6 Å². The Morgan fingerprint density at radius 3 is 2.64 bits per heavy atom. The molecule has 62 valence electrons. The summed E-state index contributed by atoms with van der Waals surface area (Å²) >= 11 is 0. The Kier molecular flexibility index (Phi) is 2.42. The van der Waals surface area contributed by atoms with E-state index in [9.17, 15) is 9.59 Å². The van der Waals surface area contributed by atoms with Crippen molar-refractivity contribution in [2.24, 2.45) is 11.8 Å². The summed E-state index contributed by atoms with van der Waals surface area (Å²) in [4.78, 5) is 22.3. The summed E-state index contributed by atoms with van der Waals surface area (Å²) in [6.45, 7) is 3.73. The second-order valence-corrected chi connectivity index (χ2v) is 3.22. The van der Waals surface area contributed by atoms with Gasteiger partial charge in [0.15, 0.2) is 0 Å². The number of carbonyl (C=O) groups is 2. The molecular formula is C9H14O2. The molecule has 0 amide bonds. The second kappa shape index (κ2) is 3.16. The van der Waals surface area contributed by atoms with Crippen LogP contribution in [0.15, 0.2) is 0 Å². The van der Waals surface area contributed by atoms with Gasteiger partial charge in [-0.3, -0.25) is 9.59 Å². The smallest absolute Gasteiger partial charge is 0.136 e. The van der Waals surface area contributed by atoms with Crippen molar-refractivity contribution in [2.45, 2.75) is 33.1 Å². The fourth-order valence-electron chi connectivity index (χ4n) is 1.70. The van der Waals surface area contributed by atoms with E-state index in [4.69, 9.17) is 0 Å². The largest absolute Gasteiger partial charge is 0.299 e. The van der Waals surface area contributed by atoms with Gasteiger partial charge >= 0.3 is 0 Å². The van der Waals surface area contributed by atoms with Crippen LogP contribution in [0.5, 0.6) is 0 Å². The molecule has 0 aliphatic heterocycles. The maximum Gasteiger partial charge on any atom is 0.136 e. The lowest BCUT2D eigenvalue weighted by Gasteiger charge is -2.10. The van der Waals surface area contributed by atoms with E-state index < -0.39 is 0 Å². The van der Waals surface area contributed by atoms with E-state index in [0.717, 1.165) is 6.42 Å². The Hall–Kier alpha value is -0.660. The van der Waals surface area contributed by atoms with Gasteiger partial charge in [-0.2, -0.15) is 0 Å². The first-order chi connectivity index (χ1) is 5.16. The van der Waals surface area contributed by atoms with Crippen LogP contribution in [0.4, 0.5) is 0 Å². The summed E-state index contributed by atoms with van der Waals surface area (Å²) in [5, 5.41) is 0. The number of carbonyl (C=O) groups excluding carboxylic acids is 2. The fourth-order valence-corrected chi connectivity index (χ4v) is 1.70. The first kappa shape index (κ1) is 8.44. The summed E-state index contributed by atoms with van der Waals surface area (Å²) in [7, 11) is 0. The van der Waals surface area contributed by atoms with Crippen LogP contribution in [-0.2, 0) is 9.59 Å². The molecule has 1 fully saturated rings. The molecule has 0 aromatic carbocycles. The van der Waals surface area contributed by atoms with Crippen molar-refractivity contribution in [2.75, 3.05) is 0 Å². The highest BCUT2D eigenvalue weighted by Crippen LogP contribution is 2.29. The molecule has 11 heavy (non-hydrogen) atoms. The minimum absolute atomic E-state index is 0.0116. The van der Waals surface area contributed by atoms with Gasteiger partial charge in [-0.15, -0.1) is 0 Å². The molecule has 0 heterocycles. The highest BCUT2D eigenvalue weighted by Gasteiger charge is 2.34. The summed E-state index contributed by atoms with van der Waals surface area (Å²) < 4.78 is 0. The predicted molar refractivity (Wildman–Crippen MR) is 42.2 cm³/mol. The van der Waals surface area contributed by atoms with Crippen LogP contribution in [0.2, 0.25) is 0 Å². The first-order valence-corrected chi connectivity index (χ1v) is 4.22. The SMILES string of the molecule is CCC(=O)[C@@H]1CCC(=O)[C@@H]1C. The third kappa shape index (κ3) is 1.50. The van der Waals surface area contributed by atoms with Crippen LogP contribution in [0.25, 0.3) is 0 Å². The molecule has 0 saturated heterocycles. The van der Waals surface area contributed by atoms with E-state index >= 15 is 0 Å². The Balaban J connectivity index is 2.61. The fraction of sp³-hybridized carbons (Fsp3) is 0.778. The Morgan fingerprint density at radius 2 is 2.27 bits per heavy atom. The average Bonchev–Trinajstić information content (AvgIpc) is 2.32. The molecule has 2 atom stereocenters. The van der Waals surface area contributed by atoms with Crippen LogP contribution in [0.3, 0.4) is 0 Å². The van der Waals surface area contributed by atoms with E-state index in [0.29, 0.717) is 12.8 Å². The normalized spacial score (nSPS) is 30.9. The summed E-state index contributed by atoms with van der Waals surface area (Å²) in [6, 6.07) is 0. The lowest BCUT2D eigenvalue weighted by atomic mass is 9.92. The van der Waals surface area contributed by atoms with Crippen molar-refractivity contribution < 1.29 is 9.59 Å². The molecule has 1 aliphatic carbocycles. The molecule has 0 aromatic heterocycles. The molecule has 1 aliphatic rings. The van der Waals surface area contributed by atoms with Crippen LogP contribution in [0.1, 0.15) is 33.1 Å². The predicted octanol–water partition coefficient (Wildman–Crippen LogP) is 1.58. The number of ketones is 2. The zero-order chi connectivity index (χ0) is 8.43. The number of hydrogen-bond donors (Lipinski definition) is 0. The van der Waals surface area contributed by atoms with Crippen molar-refractivity contribution in [3.8, 4) is 0 Å². The third-order valence-electron chi connectivity index (χ3n) is 2.58. The van der Waals surface area contributed by atoms with E-state index in [1.165, 1.54) is 0 Å². The molecule has 2 nitrogen and oxygen atoms in total. The van der Waals surface area contributed by atoms with Gasteiger partial charge in [-0.05, 0) is 6.42 Å². The van der Waals surface area contributed by atoms with E-state index in [-0.39, 0.29) is 23.4 Å². The molecular weight excluding hydrogens is 140 g/mol. The highest BCUT2D eigenvalue weighted by atomic mass is 16.1. The lowest BCUT2D eigenvalue weighted by molar-refractivity contribution is -0.127. The Morgan fingerprint density at radius 1 is 1.64 bits per heavy atom. The van der Waals surface area contributed by atoms with Gasteiger partial charge in [-0.1, -0.05) is 13.8 Å². The monoisotopic (exact) mass is 154 g/mol. The molecule has 0 spiro atoms.